The Balaban J connectivity index is 3.88. The topological polar surface area (TPSA) is 112 Å². The number of rotatable bonds is 4. The minimum Gasteiger partial charge on any atom is -0.481 e. The van der Waals surface area contributed by atoms with Gasteiger partial charge in [-0.05, 0) is 6.92 Å². The van der Waals surface area contributed by atoms with Crippen molar-refractivity contribution in [2.75, 3.05) is 0 Å². The van der Waals surface area contributed by atoms with Crippen molar-refractivity contribution in [3.05, 3.63) is 34.1 Å². The molecule has 0 amide bonds. The Bertz CT molecular complexity index is 625. The third-order valence-corrected chi connectivity index (χ3v) is 2.59. The summed E-state index contributed by atoms with van der Waals surface area (Å²) in [5.74, 6) is -14.1. The van der Waals surface area contributed by atoms with Gasteiger partial charge in [0.2, 0.25) is 0 Å². The van der Waals surface area contributed by atoms with Gasteiger partial charge in [0.1, 0.15) is 16.9 Å². The normalized spacial score (nSPS) is 12.0. The molecule has 0 radical (unpaired) electrons. The van der Waals surface area contributed by atoms with E-state index in [-0.39, 0.29) is 0 Å². The fraction of sp³-hybridized carbons (Fsp3) is 0.182. The van der Waals surface area contributed by atoms with Crippen molar-refractivity contribution >= 4 is 17.9 Å². The van der Waals surface area contributed by atoms with Crippen LogP contribution in [0.25, 0.3) is 0 Å². The van der Waals surface area contributed by atoms with Gasteiger partial charge in [0, 0.05) is 5.56 Å². The Kier molecular flexibility index (Phi) is 4.02. The van der Waals surface area contributed by atoms with E-state index in [1.54, 1.807) is 0 Å². The van der Waals surface area contributed by atoms with Crippen LogP contribution in [0.15, 0.2) is 0 Å². The summed E-state index contributed by atoms with van der Waals surface area (Å²) in [5.41, 5.74) is -4.68. The average Bonchev–Trinajstić information content (AvgIpc) is 2.32. The molecule has 0 bridgehead atoms. The molecule has 0 aliphatic carbocycles. The minimum absolute atomic E-state index is 0.801. The highest BCUT2D eigenvalue weighted by atomic mass is 19.2. The molecule has 20 heavy (non-hydrogen) atoms. The largest absolute Gasteiger partial charge is 0.481 e. The van der Waals surface area contributed by atoms with E-state index >= 15 is 0 Å². The predicted molar refractivity (Wildman–Crippen MR) is 56.3 cm³/mol. The molecule has 3 N–H and O–H groups in total. The van der Waals surface area contributed by atoms with E-state index in [1.807, 2.05) is 0 Å². The molecule has 1 rings (SSSR count). The second kappa shape index (κ2) is 5.19. The smallest absolute Gasteiger partial charge is 0.339 e. The molecule has 108 valence electrons. The Morgan fingerprint density at radius 3 is 1.60 bits per heavy atom. The van der Waals surface area contributed by atoms with Gasteiger partial charge in [-0.15, -0.1) is 0 Å². The molecule has 9 heteroatoms. The summed E-state index contributed by atoms with van der Waals surface area (Å²) >= 11 is 0. The van der Waals surface area contributed by atoms with Gasteiger partial charge in [-0.25, -0.2) is 22.8 Å². The number of aliphatic carboxylic acids is 1. The van der Waals surface area contributed by atoms with Gasteiger partial charge in [-0.3, -0.25) is 4.79 Å². The fourth-order valence-electron chi connectivity index (χ4n) is 1.58. The molecule has 0 saturated heterocycles. The molecule has 0 aliphatic heterocycles. The highest BCUT2D eigenvalue weighted by Crippen LogP contribution is 2.30. The zero-order valence-electron chi connectivity index (χ0n) is 9.78. The first-order valence-electron chi connectivity index (χ1n) is 5.00. The SMILES string of the molecule is CC(C(=O)O)c1c(F)c(F)c(C(=O)O)c(C(=O)O)c1F. The lowest BCUT2D eigenvalue weighted by molar-refractivity contribution is -0.138. The first-order chi connectivity index (χ1) is 9.11. The molecule has 0 heterocycles. The van der Waals surface area contributed by atoms with E-state index in [4.69, 9.17) is 15.3 Å². The molecular weight excluding hydrogens is 285 g/mol. The third-order valence-electron chi connectivity index (χ3n) is 2.59. The first-order valence-corrected chi connectivity index (χ1v) is 5.00. The minimum atomic E-state index is -2.19. The molecule has 1 unspecified atom stereocenters. The van der Waals surface area contributed by atoms with Crippen molar-refractivity contribution in [2.45, 2.75) is 12.8 Å². The van der Waals surface area contributed by atoms with Gasteiger partial charge in [0.15, 0.2) is 11.6 Å². The molecule has 1 aromatic carbocycles. The quantitative estimate of drug-likeness (QED) is 0.728. The molecule has 0 fully saturated rings. The van der Waals surface area contributed by atoms with E-state index in [0.29, 0.717) is 0 Å². The van der Waals surface area contributed by atoms with Crippen molar-refractivity contribution < 1.29 is 42.9 Å². The van der Waals surface area contributed by atoms with Crippen LogP contribution in [0.3, 0.4) is 0 Å². The van der Waals surface area contributed by atoms with Crippen LogP contribution < -0.4 is 0 Å². The maximum atomic E-state index is 13.9. The first kappa shape index (κ1) is 15.5. The Hall–Kier alpha value is -2.58. The second-order valence-electron chi connectivity index (χ2n) is 3.78. The number of carboxylic acids is 3. The van der Waals surface area contributed by atoms with Gasteiger partial charge in [-0.2, -0.15) is 0 Å². The molecule has 0 saturated carbocycles. The lowest BCUT2D eigenvalue weighted by Gasteiger charge is -2.14. The van der Waals surface area contributed by atoms with Gasteiger partial charge in [0.05, 0.1) is 5.92 Å². The van der Waals surface area contributed by atoms with Crippen LogP contribution >= 0.6 is 0 Å². The fourth-order valence-corrected chi connectivity index (χ4v) is 1.58. The highest BCUT2D eigenvalue weighted by Gasteiger charge is 2.35. The molecule has 1 atom stereocenters. The summed E-state index contributed by atoms with van der Waals surface area (Å²) in [6, 6.07) is 0. The van der Waals surface area contributed by atoms with Gasteiger partial charge in [-0.1, -0.05) is 0 Å². The number of benzene rings is 1. The Labute approximate surface area is 109 Å². The van der Waals surface area contributed by atoms with Gasteiger partial charge in [0.25, 0.3) is 0 Å². The summed E-state index contributed by atoms with van der Waals surface area (Å²) in [4.78, 5) is 32.2. The van der Waals surface area contributed by atoms with Crippen LogP contribution in [0.1, 0.15) is 39.1 Å². The van der Waals surface area contributed by atoms with Gasteiger partial charge < -0.3 is 15.3 Å². The molecular formula is C11H7F3O6. The standard InChI is InChI=1S/C11H7F3O6/c1-2(9(15)16)3-6(12)4(10(17)18)5(11(19)20)8(14)7(3)13/h2H,1H3,(H,15,16)(H,17,18)(H,19,20). The van der Waals surface area contributed by atoms with E-state index in [9.17, 15) is 27.6 Å². The van der Waals surface area contributed by atoms with Crippen LogP contribution in [-0.2, 0) is 4.79 Å². The molecule has 0 aromatic heterocycles. The van der Waals surface area contributed by atoms with Crippen LogP contribution in [0.5, 0.6) is 0 Å². The lowest BCUT2D eigenvalue weighted by Crippen LogP contribution is -2.21. The van der Waals surface area contributed by atoms with Crippen LogP contribution in [0, 0.1) is 17.5 Å². The van der Waals surface area contributed by atoms with Crippen molar-refractivity contribution in [1.29, 1.82) is 0 Å². The zero-order valence-corrected chi connectivity index (χ0v) is 9.78. The number of aromatic carboxylic acids is 2. The molecule has 1 aromatic rings. The monoisotopic (exact) mass is 292 g/mol. The Morgan fingerprint density at radius 1 is 0.850 bits per heavy atom. The van der Waals surface area contributed by atoms with Gasteiger partial charge >= 0.3 is 17.9 Å². The van der Waals surface area contributed by atoms with E-state index in [1.165, 1.54) is 0 Å². The maximum absolute atomic E-state index is 13.9. The zero-order chi connectivity index (χ0) is 15.8. The average molecular weight is 292 g/mol. The van der Waals surface area contributed by atoms with E-state index < -0.39 is 58.0 Å². The number of halogens is 3. The highest BCUT2D eigenvalue weighted by molar-refractivity contribution is 6.02. The summed E-state index contributed by atoms with van der Waals surface area (Å²) in [6.07, 6.45) is 0. The van der Waals surface area contributed by atoms with Crippen LogP contribution in [-0.4, -0.2) is 33.2 Å². The molecule has 0 aliphatic rings. The van der Waals surface area contributed by atoms with Crippen molar-refractivity contribution in [1.82, 2.24) is 0 Å². The number of hydrogen-bond acceptors (Lipinski definition) is 3. The molecule has 6 nitrogen and oxygen atoms in total. The summed E-state index contributed by atoms with van der Waals surface area (Å²) in [6.45, 7) is 0.801. The van der Waals surface area contributed by atoms with Crippen molar-refractivity contribution in [2.24, 2.45) is 0 Å². The van der Waals surface area contributed by atoms with Crippen molar-refractivity contribution in [3.8, 4) is 0 Å². The van der Waals surface area contributed by atoms with Crippen LogP contribution in [0.2, 0.25) is 0 Å². The number of carbonyl (C=O) groups is 3. The third kappa shape index (κ3) is 2.29. The summed E-state index contributed by atoms with van der Waals surface area (Å²) in [7, 11) is 0. The predicted octanol–water partition coefficient (Wildman–Crippen LogP) is 1.69. The summed E-state index contributed by atoms with van der Waals surface area (Å²) in [5, 5.41) is 26.0. The maximum Gasteiger partial charge on any atom is 0.339 e. The number of carboxylic acid groups (broad SMARTS) is 3. The summed E-state index contributed by atoms with van der Waals surface area (Å²) < 4.78 is 41.0. The van der Waals surface area contributed by atoms with Crippen LogP contribution in [0.4, 0.5) is 13.2 Å². The second-order valence-corrected chi connectivity index (χ2v) is 3.78. The van der Waals surface area contributed by atoms with E-state index in [0.717, 1.165) is 6.92 Å². The lowest BCUT2D eigenvalue weighted by atomic mass is 9.93. The molecule has 0 spiro atoms. The Morgan fingerprint density at radius 2 is 1.25 bits per heavy atom. The van der Waals surface area contributed by atoms with E-state index in [2.05, 4.69) is 0 Å². The van der Waals surface area contributed by atoms with Crippen molar-refractivity contribution in [3.63, 3.8) is 0 Å². The number of hydrogen-bond donors (Lipinski definition) is 3.